The molecular weight excluding hydrogens is 428 g/mol. The van der Waals surface area contributed by atoms with Crippen molar-refractivity contribution in [1.82, 2.24) is 13.9 Å². The molecule has 2 heterocycles. The van der Waals surface area contributed by atoms with Crippen molar-refractivity contribution in [3.05, 3.63) is 29.8 Å². The lowest BCUT2D eigenvalue weighted by molar-refractivity contribution is -0.117. The third-order valence-electron chi connectivity index (χ3n) is 7.98. The molecule has 2 saturated heterocycles. The first-order chi connectivity index (χ1) is 15.2. The first-order valence-corrected chi connectivity index (χ1v) is 12.8. The summed E-state index contributed by atoms with van der Waals surface area (Å²) < 4.78 is 30.6. The molecule has 3 N–H and O–H groups in total. The molecule has 0 bridgehead atoms. The molecule has 1 aromatic rings. The van der Waals surface area contributed by atoms with E-state index in [-0.39, 0.29) is 34.6 Å². The minimum atomic E-state index is -2.16. The van der Waals surface area contributed by atoms with Crippen LogP contribution in [-0.2, 0) is 27.2 Å². The molecule has 3 unspecified atom stereocenters. The van der Waals surface area contributed by atoms with E-state index < -0.39 is 11.3 Å². The third kappa shape index (κ3) is 4.51. The smallest absolute Gasteiger partial charge is 0.281 e. The van der Waals surface area contributed by atoms with E-state index in [1.54, 1.807) is 7.05 Å². The Morgan fingerprint density at radius 3 is 2.72 bits per heavy atom. The van der Waals surface area contributed by atoms with Gasteiger partial charge in [0.05, 0.1) is 32.2 Å². The Bertz CT molecular complexity index is 856. The number of ether oxygens (including phenoxy) is 1. The third-order valence-corrected chi connectivity index (χ3v) is 8.78. The van der Waals surface area contributed by atoms with E-state index in [1.165, 1.54) is 17.3 Å². The summed E-state index contributed by atoms with van der Waals surface area (Å²) in [6.07, 6.45) is 7.56. The zero-order valence-corrected chi connectivity index (χ0v) is 20.1. The van der Waals surface area contributed by atoms with Crippen LogP contribution < -0.4 is 10.3 Å². The van der Waals surface area contributed by atoms with Crippen molar-refractivity contribution in [3.63, 3.8) is 0 Å². The standard InChI is InChI=1S/C23H36N4O4S/c1-25(32(29)30)27(2,19-8-5-7-18(15-19)16-22(24)28)21-9-11-23(10-6-14-31-23)17-20(21)26-12-3-4-13-26/h5,7-8,15,20-21H,3-4,6,9-14,16-17H2,1-2H3,(H2-,24,28,29,30)/p+1/t20-,21?,23+,27?/m0/s1. The Labute approximate surface area is 193 Å². The van der Waals surface area contributed by atoms with Crippen LogP contribution >= 0.6 is 0 Å². The van der Waals surface area contributed by atoms with Crippen LogP contribution in [-0.4, -0.2) is 75.5 Å². The fraction of sp³-hybridized carbons (Fsp3) is 0.696. The summed E-state index contributed by atoms with van der Waals surface area (Å²) in [5.74, 6) is -0.386. The molecule has 5 atom stereocenters. The molecule has 1 aliphatic carbocycles. The molecule has 32 heavy (non-hydrogen) atoms. The van der Waals surface area contributed by atoms with Gasteiger partial charge in [0, 0.05) is 25.2 Å². The molecule has 3 aliphatic rings. The van der Waals surface area contributed by atoms with Crippen LogP contribution in [0.3, 0.4) is 0 Å². The van der Waals surface area contributed by atoms with Crippen LogP contribution in [0.15, 0.2) is 24.3 Å². The quantitative estimate of drug-likeness (QED) is 0.366. The van der Waals surface area contributed by atoms with Gasteiger partial charge in [-0.1, -0.05) is 12.1 Å². The van der Waals surface area contributed by atoms with E-state index in [4.69, 9.17) is 10.5 Å². The number of nitrogens with zero attached hydrogens (tertiary/aromatic N) is 3. The minimum absolute atomic E-state index is 0.0562. The van der Waals surface area contributed by atoms with E-state index in [2.05, 4.69) is 4.90 Å². The number of amides is 1. The Hall–Kier alpha value is -1.36. The number of nitrogens with two attached hydrogens (primary N) is 1. The molecule has 2 aliphatic heterocycles. The van der Waals surface area contributed by atoms with Crippen molar-refractivity contribution in [2.45, 2.75) is 69.1 Å². The summed E-state index contributed by atoms with van der Waals surface area (Å²) >= 11 is -2.16. The maximum atomic E-state index is 12.4. The van der Waals surface area contributed by atoms with Crippen LogP contribution in [0.2, 0.25) is 0 Å². The van der Waals surface area contributed by atoms with E-state index in [0.29, 0.717) is 0 Å². The van der Waals surface area contributed by atoms with Crippen molar-refractivity contribution < 1.29 is 18.3 Å². The van der Waals surface area contributed by atoms with Gasteiger partial charge in [0.2, 0.25) is 5.91 Å². The predicted octanol–water partition coefficient (Wildman–Crippen LogP) is 2.20. The van der Waals surface area contributed by atoms with E-state index in [0.717, 1.165) is 63.1 Å². The number of hydrogen-bond donors (Lipinski definition) is 2. The Morgan fingerprint density at radius 1 is 1.34 bits per heavy atom. The van der Waals surface area contributed by atoms with Gasteiger partial charge in [-0.25, -0.2) is 4.21 Å². The van der Waals surface area contributed by atoms with Gasteiger partial charge < -0.3 is 10.5 Å². The highest BCUT2D eigenvalue weighted by Crippen LogP contribution is 2.46. The second-order valence-electron chi connectivity index (χ2n) is 9.79. The number of hydrogen-bond acceptors (Lipinski definition) is 4. The van der Waals surface area contributed by atoms with Gasteiger partial charge in [-0.15, -0.1) is 0 Å². The Kier molecular flexibility index (Phi) is 7.05. The monoisotopic (exact) mass is 465 g/mol. The molecule has 4 rings (SSSR count). The zero-order valence-electron chi connectivity index (χ0n) is 19.2. The topological polar surface area (TPSA) is 96.1 Å². The normalized spacial score (nSPS) is 31.8. The van der Waals surface area contributed by atoms with Gasteiger partial charge in [0.25, 0.3) is 11.3 Å². The summed E-state index contributed by atoms with van der Waals surface area (Å²) in [4.78, 5) is 14.1. The molecule has 0 aromatic heterocycles. The largest absolute Gasteiger partial charge is 0.375 e. The van der Waals surface area contributed by atoms with Crippen LogP contribution in [0.5, 0.6) is 0 Å². The molecule has 1 spiro atoms. The number of primary amides is 1. The van der Waals surface area contributed by atoms with Crippen LogP contribution in [0.1, 0.15) is 50.5 Å². The van der Waals surface area contributed by atoms with Gasteiger partial charge in [-0.05, 0) is 61.6 Å². The first kappa shape index (κ1) is 23.8. The summed E-state index contributed by atoms with van der Waals surface area (Å²) in [7, 11) is 3.73. The van der Waals surface area contributed by atoms with E-state index >= 15 is 0 Å². The molecule has 0 radical (unpaired) electrons. The van der Waals surface area contributed by atoms with Gasteiger partial charge >= 0.3 is 0 Å². The highest BCUT2D eigenvalue weighted by Gasteiger charge is 2.55. The second kappa shape index (κ2) is 9.48. The molecule has 1 amide bonds. The lowest BCUT2D eigenvalue weighted by Gasteiger charge is -2.53. The fourth-order valence-electron chi connectivity index (χ4n) is 6.23. The maximum absolute atomic E-state index is 12.4. The zero-order chi connectivity index (χ0) is 22.9. The summed E-state index contributed by atoms with van der Waals surface area (Å²) in [5, 5.41) is 0. The Morgan fingerprint density at radius 2 is 2.09 bits per heavy atom. The number of benzene rings is 1. The lowest BCUT2D eigenvalue weighted by atomic mass is 9.75. The fourth-order valence-corrected chi connectivity index (χ4v) is 6.73. The van der Waals surface area contributed by atoms with E-state index in [1.807, 2.05) is 31.3 Å². The first-order valence-electron chi connectivity index (χ1n) is 11.7. The molecule has 3 fully saturated rings. The van der Waals surface area contributed by atoms with Crippen LogP contribution in [0, 0.1) is 0 Å². The summed E-state index contributed by atoms with van der Waals surface area (Å²) in [6.45, 7) is 2.95. The van der Waals surface area contributed by atoms with Gasteiger partial charge in [0.1, 0.15) is 6.04 Å². The number of rotatable bonds is 7. The van der Waals surface area contributed by atoms with Gasteiger partial charge in [-0.3, -0.25) is 14.2 Å². The molecule has 178 valence electrons. The number of quaternary nitrogens is 1. The lowest BCUT2D eigenvalue weighted by Crippen LogP contribution is -2.71. The number of likely N-dealkylation sites (tertiary alicyclic amines) is 1. The van der Waals surface area contributed by atoms with Crippen molar-refractivity contribution in [3.8, 4) is 0 Å². The molecule has 1 saturated carbocycles. The maximum Gasteiger partial charge on any atom is 0.281 e. The molecular formula is C23H37N4O4S+. The molecule has 9 heteroatoms. The summed E-state index contributed by atoms with van der Waals surface area (Å²) in [6, 6.07) is 8.09. The van der Waals surface area contributed by atoms with Crippen molar-refractivity contribution in [2.24, 2.45) is 5.73 Å². The van der Waals surface area contributed by atoms with Crippen LogP contribution in [0.25, 0.3) is 0 Å². The SMILES string of the molecule is CN(S(=O)O)[N+](C)(c1cccc(CC(N)=O)c1)C1CC[C@]2(CCCO2)C[C@@H]1N1CCCC1. The van der Waals surface area contributed by atoms with Crippen molar-refractivity contribution >= 4 is 22.9 Å². The number of likely N-dealkylation sites (N-methyl/N-ethyl adjacent to an activating group) is 1. The Balaban J connectivity index is 1.75. The van der Waals surface area contributed by atoms with Crippen molar-refractivity contribution in [2.75, 3.05) is 33.8 Å². The number of carbonyl (C=O) groups is 1. The highest BCUT2D eigenvalue weighted by atomic mass is 32.2. The summed E-state index contributed by atoms with van der Waals surface area (Å²) in [5.41, 5.74) is 7.10. The van der Waals surface area contributed by atoms with E-state index in [9.17, 15) is 13.6 Å². The molecule has 8 nitrogen and oxygen atoms in total. The average Bonchev–Trinajstić information content (AvgIpc) is 3.45. The molecule has 1 aromatic carbocycles. The van der Waals surface area contributed by atoms with Gasteiger partial charge in [-0.2, -0.15) is 4.59 Å². The van der Waals surface area contributed by atoms with Gasteiger partial charge in [0.15, 0.2) is 5.69 Å². The highest BCUT2D eigenvalue weighted by molar-refractivity contribution is 7.76. The average molecular weight is 466 g/mol. The predicted molar refractivity (Wildman–Crippen MR) is 126 cm³/mol. The van der Waals surface area contributed by atoms with Crippen molar-refractivity contribution in [1.29, 1.82) is 0 Å². The second-order valence-corrected chi connectivity index (χ2v) is 10.8. The minimum Gasteiger partial charge on any atom is -0.375 e. The van der Waals surface area contributed by atoms with Crippen LogP contribution in [0.4, 0.5) is 5.69 Å². The number of carbonyl (C=O) groups excluding carboxylic acids is 1.